The Morgan fingerprint density at radius 2 is 1.72 bits per heavy atom. The maximum Gasteiger partial charge on any atom is 0.307 e. The average molecular weight is 489 g/mol. The van der Waals surface area contributed by atoms with Crippen molar-refractivity contribution in [1.29, 1.82) is 0 Å². The lowest BCUT2D eigenvalue weighted by molar-refractivity contribution is -0.136. The minimum Gasteiger partial charge on any atom is -0.487 e. The highest BCUT2D eigenvalue weighted by molar-refractivity contribution is 6.02. The van der Waals surface area contributed by atoms with Gasteiger partial charge in [-0.05, 0) is 23.6 Å². The summed E-state index contributed by atoms with van der Waals surface area (Å²) in [4.78, 5) is 18.8. The lowest BCUT2D eigenvalue weighted by atomic mass is 10.0. The minimum absolute atomic E-state index is 0.00171. The van der Waals surface area contributed by atoms with E-state index in [1.54, 1.807) is 6.07 Å². The molecule has 0 spiro atoms. The zero-order valence-corrected chi connectivity index (χ0v) is 20.0. The maximum atomic E-state index is 14.4. The molecule has 0 saturated heterocycles. The summed E-state index contributed by atoms with van der Waals surface area (Å²) in [6.45, 7) is 2.64. The molecule has 0 aliphatic carbocycles. The van der Waals surface area contributed by atoms with E-state index in [1.807, 2.05) is 30.3 Å². The van der Waals surface area contributed by atoms with Crippen molar-refractivity contribution in [3.8, 4) is 16.9 Å². The standard InChI is InChI=1S/C29H29FN2O4/c30-29-25(20-28(33)34)10-7-11-27(29)35-18-19-36-31-26(21-32-16-5-2-6-17-32)24-14-12-23(13-15-24)22-8-3-1-4-9-22/h1-5,7-15H,6,16-21H2,(H,33,34). The molecule has 4 rings (SSSR count). The number of rotatable bonds is 11. The lowest BCUT2D eigenvalue weighted by Crippen LogP contribution is -2.33. The Kier molecular flexibility index (Phi) is 8.83. The van der Waals surface area contributed by atoms with Gasteiger partial charge >= 0.3 is 5.97 Å². The van der Waals surface area contributed by atoms with E-state index in [9.17, 15) is 9.18 Å². The molecule has 186 valence electrons. The molecular weight excluding hydrogens is 459 g/mol. The van der Waals surface area contributed by atoms with Crippen LogP contribution in [0, 0.1) is 5.82 Å². The van der Waals surface area contributed by atoms with Crippen molar-refractivity contribution < 1.29 is 23.9 Å². The van der Waals surface area contributed by atoms with Gasteiger partial charge in [0.15, 0.2) is 18.2 Å². The third kappa shape index (κ3) is 7.02. The van der Waals surface area contributed by atoms with Crippen molar-refractivity contribution in [2.45, 2.75) is 12.8 Å². The topological polar surface area (TPSA) is 71.4 Å². The molecule has 6 nitrogen and oxygen atoms in total. The Morgan fingerprint density at radius 1 is 0.944 bits per heavy atom. The van der Waals surface area contributed by atoms with Gasteiger partial charge in [0.2, 0.25) is 0 Å². The number of carbonyl (C=O) groups is 1. The molecule has 0 unspecified atom stereocenters. The average Bonchev–Trinajstić information content (AvgIpc) is 2.91. The molecule has 36 heavy (non-hydrogen) atoms. The highest BCUT2D eigenvalue weighted by Gasteiger charge is 2.14. The number of oxime groups is 1. The van der Waals surface area contributed by atoms with E-state index < -0.39 is 18.2 Å². The second-order valence-corrected chi connectivity index (χ2v) is 8.46. The fraction of sp³-hybridized carbons (Fsp3) is 0.241. The van der Waals surface area contributed by atoms with E-state index in [-0.39, 0.29) is 24.5 Å². The molecule has 3 aromatic carbocycles. The van der Waals surface area contributed by atoms with Gasteiger partial charge in [0, 0.05) is 30.8 Å². The van der Waals surface area contributed by atoms with Crippen molar-refractivity contribution in [2.75, 3.05) is 32.8 Å². The monoisotopic (exact) mass is 488 g/mol. The molecule has 0 atom stereocenters. The normalized spacial score (nSPS) is 14.0. The highest BCUT2D eigenvalue weighted by Crippen LogP contribution is 2.22. The first-order chi connectivity index (χ1) is 17.6. The molecule has 0 fully saturated rings. The molecule has 0 bridgehead atoms. The van der Waals surface area contributed by atoms with E-state index in [0.29, 0.717) is 6.54 Å². The van der Waals surface area contributed by atoms with Gasteiger partial charge in [0.25, 0.3) is 0 Å². The van der Waals surface area contributed by atoms with Crippen LogP contribution in [-0.2, 0) is 16.1 Å². The van der Waals surface area contributed by atoms with Gasteiger partial charge < -0.3 is 14.7 Å². The quantitative estimate of drug-likeness (QED) is 0.174. The first-order valence-corrected chi connectivity index (χ1v) is 11.9. The summed E-state index contributed by atoms with van der Waals surface area (Å²) < 4.78 is 19.9. The molecule has 1 N–H and O–H groups in total. The summed E-state index contributed by atoms with van der Waals surface area (Å²) in [5, 5.41) is 13.3. The van der Waals surface area contributed by atoms with Crippen LogP contribution in [0.1, 0.15) is 17.5 Å². The third-order valence-corrected chi connectivity index (χ3v) is 5.83. The van der Waals surface area contributed by atoms with Gasteiger partial charge in [-0.25, -0.2) is 4.39 Å². The second kappa shape index (κ2) is 12.7. The summed E-state index contributed by atoms with van der Waals surface area (Å²) >= 11 is 0. The largest absolute Gasteiger partial charge is 0.487 e. The van der Waals surface area contributed by atoms with Crippen LogP contribution >= 0.6 is 0 Å². The van der Waals surface area contributed by atoms with Crippen LogP contribution in [0.25, 0.3) is 11.1 Å². The summed E-state index contributed by atoms with van der Waals surface area (Å²) in [7, 11) is 0. The number of benzene rings is 3. The number of hydrogen-bond acceptors (Lipinski definition) is 5. The zero-order chi connectivity index (χ0) is 25.2. The van der Waals surface area contributed by atoms with Gasteiger partial charge in [-0.15, -0.1) is 0 Å². The Balaban J connectivity index is 1.40. The van der Waals surface area contributed by atoms with E-state index in [0.717, 1.165) is 41.9 Å². The molecule has 1 aliphatic heterocycles. The van der Waals surface area contributed by atoms with E-state index >= 15 is 0 Å². The number of aliphatic carboxylic acids is 1. The molecule has 0 saturated carbocycles. The predicted molar refractivity (Wildman–Crippen MR) is 138 cm³/mol. The summed E-state index contributed by atoms with van der Waals surface area (Å²) in [5.74, 6) is -1.77. The van der Waals surface area contributed by atoms with Gasteiger partial charge in [-0.3, -0.25) is 9.69 Å². The Hall–Kier alpha value is -3.97. The van der Waals surface area contributed by atoms with E-state index in [4.69, 9.17) is 14.7 Å². The first kappa shape index (κ1) is 25.1. The maximum absolute atomic E-state index is 14.4. The van der Waals surface area contributed by atoms with Crippen LogP contribution in [0.2, 0.25) is 0 Å². The fourth-order valence-corrected chi connectivity index (χ4v) is 3.98. The van der Waals surface area contributed by atoms with Gasteiger partial charge in [-0.2, -0.15) is 0 Å². The molecule has 7 heteroatoms. The molecular formula is C29H29FN2O4. The van der Waals surface area contributed by atoms with Crippen LogP contribution in [0.15, 0.2) is 90.1 Å². The molecule has 0 amide bonds. The number of halogens is 1. The molecule has 3 aromatic rings. The van der Waals surface area contributed by atoms with Crippen LogP contribution in [-0.4, -0.2) is 54.5 Å². The van der Waals surface area contributed by atoms with Crippen molar-refractivity contribution in [3.05, 3.63) is 102 Å². The van der Waals surface area contributed by atoms with Gasteiger partial charge in [0.1, 0.15) is 12.3 Å². The SMILES string of the molecule is O=C(O)Cc1cccc(OCCON=C(CN2CC=CCC2)c2ccc(-c3ccccc3)cc2)c1F. The van der Waals surface area contributed by atoms with E-state index in [2.05, 4.69) is 46.5 Å². The minimum atomic E-state index is -1.10. The highest BCUT2D eigenvalue weighted by atomic mass is 19.1. The smallest absolute Gasteiger partial charge is 0.307 e. The second-order valence-electron chi connectivity index (χ2n) is 8.46. The third-order valence-electron chi connectivity index (χ3n) is 5.83. The summed E-state index contributed by atoms with van der Waals surface area (Å²) in [5.41, 5.74) is 4.13. The number of ether oxygens (including phenoxy) is 1. The van der Waals surface area contributed by atoms with E-state index in [1.165, 1.54) is 12.1 Å². The van der Waals surface area contributed by atoms with Crippen LogP contribution in [0.3, 0.4) is 0 Å². The number of nitrogens with zero attached hydrogens (tertiary/aromatic N) is 2. The van der Waals surface area contributed by atoms with Gasteiger partial charge in [-0.1, -0.05) is 84.0 Å². The fourth-order valence-electron chi connectivity index (χ4n) is 3.98. The Morgan fingerprint density at radius 3 is 2.44 bits per heavy atom. The van der Waals surface area contributed by atoms with Crippen LogP contribution in [0.5, 0.6) is 5.75 Å². The number of carboxylic acids is 1. The summed E-state index contributed by atoms with van der Waals surface area (Å²) in [6, 6.07) is 22.9. The molecule has 1 heterocycles. The zero-order valence-electron chi connectivity index (χ0n) is 20.0. The van der Waals surface area contributed by atoms with Crippen molar-refractivity contribution in [2.24, 2.45) is 5.16 Å². The predicted octanol–water partition coefficient (Wildman–Crippen LogP) is 5.18. The first-order valence-electron chi connectivity index (χ1n) is 11.9. The molecule has 1 aliphatic rings. The Labute approximate surface area is 210 Å². The van der Waals surface area contributed by atoms with Gasteiger partial charge in [0.05, 0.1) is 6.42 Å². The lowest BCUT2D eigenvalue weighted by Gasteiger charge is -2.23. The Bertz CT molecular complexity index is 1210. The molecule has 0 radical (unpaired) electrons. The van der Waals surface area contributed by atoms with Crippen LogP contribution < -0.4 is 4.74 Å². The van der Waals surface area contributed by atoms with Crippen molar-refractivity contribution in [3.63, 3.8) is 0 Å². The number of hydrogen-bond donors (Lipinski definition) is 1. The van der Waals surface area contributed by atoms with Crippen molar-refractivity contribution in [1.82, 2.24) is 4.90 Å². The summed E-state index contributed by atoms with van der Waals surface area (Å²) in [6.07, 6.45) is 4.94. The van der Waals surface area contributed by atoms with Crippen LogP contribution in [0.4, 0.5) is 4.39 Å². The number of carboxylic acid groups (broad SMARTS) is 1. The van der Waals surface area contributed by atoms with Crippen molar-refractivity contribution >= 4 is 11.7 Å². The molecule has 0 aromatic heterocycles.